The van der Waals surface area contributed by atoms with E-state index >= 15 is 0 Å². The van der Waals surface area contributed by atoms with E-state index in [1.54, 1.807) is 20.8 Å². The molecule has 4 nitrogen and oxygen atoms in total. The van der Waals surface area contributed by atoms with Crippen molar-refractivity contribution in [3.8, 4) is 0 Å². The Morgan fingerprint density at radius 1 is 1.05 bits per heavy atom. The monoisotopic (exact) mass is 262 g/mol. The van der Waals surface area contributed by atoms with Crippen molar-refractivity contribution >= 4 is 11.9 Å². The Morgan fingerprint density at radius 3 is 2.21 bits per heavy atom. The summed E-state index contributed by atoms with van der Waals surface area (Å²) in [6.07, 6.45) is 2.13. The van der Waals surface area contributed by atoms with Crippen molar-refractivity contribution in [3.05, 3.63) is 48.0 Å². The first kappa shape index (κ1) is 15.0. The molecule has 0 saturated carbocycles. The molecule has 0 atom stereocenters. The van der Waals surface area contributed by atoms with Crippen molar-refractivity contribution in [1.29, 1.82) is 0 Å². The molecule has 1 aromatic rings. The molecule has 0 spiro atoms. The van der Waals surface area contributed by atoms with Crippen LogP contribution in [0.3, 0.4) is 0 Å². The zero-order valence-corrected chi connectivity index (χ0v) is 11.4. The first-order valence-electron chi connectivity index (χ1n) is 5.98. The lowest BCUT2D eigenvalue weighted by molar-refractivity contribution is -0.149. The van der Waals surface area contributed by atoms with Crippen LogP contribution in [0, 0.1) is 0 Å². The van der Waals surface area contributed by atoms with Crippen molar-refractivity contribution in [1.82, 2.24) is 0 Å². The van der Waals surface area contributed by atoms with E-state index in [4.69, 9.17) is 9.47 Å². The predicted octanol–water partition coefficient (Wildman–Crippen LogP) is 2.63. The predicted molar refractivity (Wildman–Crippen MR) is 71.2 cm³/mol. The summed E-state index contributed by atoms with van der Waals surface area (Å²) in [5.74, 6) is -1.14. The van der Waals surface area contributed by atoms with Crippen molar-refractivity contribution < 1.29 is 19.1 Å². The summed E-state index contributed by atoms with van der Waals surface area (Å²) in [5.41, 5.74) is 0.316. The van der Waals surface area contributed by atoms with Crippen LogP contribution in [0.25, 0.3) is 0 Å². The van der Waals surface area contributed by atoms with E-state index in [1.165, 1.54) is 0 Å². The summed E-state index contributed by atoms with van der Waals surface area (Å²) >= 11 is 0. The lowest BCUT2D eigenvalue weighted by atomic mass is 10.2. The fourth-order valence-electron chi connectivity index (χ4n) is 1.25. The van der Waals surface area contributed by atoms with Gasteiger partial charge < -0.3 is 9.47 Å². The molecule has 0 aliphatic rings. The number of ether oxygens (including phenoxy) is 2. The van der Waals surface area contributed by atoms with Crippen LogP contribution in [-0.4, -0.2) is 17.5 Å². The largest absolute Gasteiger partial charge is 0.458 e. The third-order valence-electron chi connectivity index (χ3n) is 1.99. The second-order valence-corrected chi connectivity index (χ2v) is 4.96. The highest BCUT2D eigenvalue weighted by Gasteiger charge is 2.14. The van der Waals surface area contributed by atoms with Crippen molar-refractivity contribution in [2.75, 3.05) is 0 Å². The average molecular weight is 262 g/mol. The zero-order valence-electron chi connectivity index (χ0n) is 11.4. The highest BCUT2D eigenvalue weighted by atomic mass is 16.6. The van der Waals surface area contributed by atoms with Gasteiger partial charge in [0, 0.05) is 12.2 Å². The summed E-state index contributed by atoms with van der Waals surface area (Å²) in [7, 11) is 0. The number of carbonyl (C=O) groups excluding carboxylic acids is 2. The molecule has 0 aliphatic heterocycles. The van der Waals surface area contributed by atoms with Crippen LogP contribution >= 0.6 is 0 Å². The second-order valence-electron chi connectivity index (χ2n) is 4.96. The molecule has 0 unspecified atom stereocenters. The van der Waals surface area contributed by atoms with E-state index in [1.807, 2.05) is 30.3 Å². The van der Waals surface area contributed by atoms with Gasteiger partial charge in [0.2, 0.25) is 0 Å². The quantitative estimate of drug-likeness (QED) is 0.618. The molecule has 0 bridgehead atoms. The maximum Gasteiger partial charge on any atom is 0.331 e. The van der Waals surface area contributed by atoms with E-state index < -0.39 is 17.5 Å². The lowest BCUT2D eigenvalue weighted by Gasteiger charge is -2.17. The molecule has 19 heavy (non-hydrogen) atoms. The van der Waals surface area contributed by atoms with Crippen molar-refractivity contribution in [2.45, 2.75) is 33.0 Å². The highest BCUT2D eigenvalue weighted by molar-refractivity contribution is 5.91. The molecular formula is C15H18O4. The number of hydrogen-bond donors (Lipinski definition) is 0. The van der Waals surface area contributed by atoms with Gasteiger partial charge in [0.1, 0.15) is 12.2 Å². The Bertz CT molecular complexity index is 455. The molecule has 0 heterocycles. The maximum absolute atomic E-state index is 11.4. The molecule has 1 aromatic carbocycles. The molecule has 0 N–H and O–H groups in total. The molecule has 102 valence electrons. The van der Waals surface area contributed by atoms with Gasteiger partial charge in [0.15, 0.2) is 0 Å². The van der Waals surface area contributed by atoms with Crippen LogP contribution < -0.4 is 0 Å². The summed E-state index contributed by atoms with van der Waals surface area (Å²) in [5, 5.41) is 0. The topological polar surface area (TPSA) is 52.6 Å². The number of carbonyl (C=O) groups is 2. The van der Waals surface area contributed by atoms with Crippen molar-refractivity contribution in [2.24, 2.45) is 0 Å². The summed E-state index contributed by atoms with van der Waals surface area (Å²) in [6.45, 7) is 5.45. The number of hydrogen-bond acceptors (Lipinski definition) is 4. The minimum Gasteiger partial charge on any atom is -0.458 e. The molecule has 1 rings (SSSR count). The fraction of sp³-hybridized carbons (Fsp3) is 0.333. The van der Waals surface area contributed by atoms with Gasteiger partial charge >= 0.3 is 11.9 Å². The third-order valence-corrected chi connectivity index (χ3v) is 1.99. The zero-order chi connectivity index (χ0) is 14.3. The van der Waals surface area contributed by atoms with Gasteiger partial charge in [0.25, 0.3) is 0 Å². The second kappa shape index (κ2) is 6.73. The Balaban J connectivity index is 2.37. The molecule has 0 aromatic heterocycles. The van der Waals surface area contributed by atoms with Gasteiger partial charge in [0.05, 0.1) is 0 Å². The summed E-state index contributed by atoms with van der Waals surface area (Å²) in [4.78, 5) is 22.7. The molecule has 0 aliphatic carbocycles. The van der Waals surface area contributed by atoms with Gasteiger partial charge in [-0.25, -0.2) is 9.59 Å². The van der Waals surface area contributed by atoms with E-state index in [2.05, 4.69) is 0 Å². The van der Waals surface area contributed by atoms with Crippen LogP contribution in [-0.2, 0) is 25.7 Å². The first-order chi connectivity index (χ1) is 8.87. The van der Waals surface area contributed by atoms with E-state index in [0.717, 1.165) is 17.7 Å². The first-order valence-corrected chi connectivity index (χ1v) is 5.98. The minimum absolute atomic E-state index is 0.179. The van der Waals surface area contributed by atoms with Crippen LogP contribution in [0.2, 0.25) is 0 Å². The van der Waals surface area contributed by atoms with Crippen molar-refractivity contribution in [3.63, 3.8) is 0 Å². The fourth-order valence-corrected chi connectivity index (χ4v) is 1.25. The summed E-state index contributed by atoms with van der Waals surface area (Å²) < 4.78 is 9.99. The molecule has 0 saturated heterocycles. The Morgan fingerprint density at radius 2 is 1.63 bits per heavy atom. The van der Waals surface area contributed by atoms with E-state index in [0.29, 0.717) is 0 Å². The summed E-state index contributed by atoms with van der Waals surface area (Å²) in [6, 6.07) is 9.31. The van der Waals surface area contributed by atoms with Gasteiger partial charge in [-0.1, -0.05) is 30.3 Å². The Labute approximate surface area is 113 Å². The number of benzene rings is 1. The highest BCUT2D eigenvalue weighted by Crippen LogP contribution is 2.07. The third kappa shape index (κ3) is 7.03. The van der Waals surface area contributed by atoms with E-state index in [-0.39, 0.29) is 6.61 Å². The Kier molecular flexibility index (Phi) is 5.30. The lowest BCUT2D eigenvalue weighted by Crippen LogP contribution is -2.22. The Hall–Kier alpha value is -2.10. The smallest absolute Gasteiger partial charge is 0.331 e. The molecule has 0 radical (unpaired) electrons. The molecular weight excluding hydrogens is 244 g/mol. The van der Waals surface area contributed by atoms with E-state index in [9.17, 15) is 9.59 Å². The van der Waals surface area contributed by atoms with Gasteiger partial charge in [-0.2, -0.15) is 0 Å². The van der Waals surface area contributed by atoms with Crippen LogP contribution in [0.5, 0.6) is 0 Å². The van der Waals surface area contributed by atoms with Crippen LogP contribution in [0.1, 0.15) is 26.3 Å². The SMILES string of the molecule is CC(C)(C)OC(=O)C=CC(=O)OCc1ccccc1. The number of rotatable bonds is 4. The van der Waals surface area contributed by atoms with Crippen LogP contribution in [0.15, 0.2) is 42.5 Å². The normalized spacial score (nSPS) is 11.3. The average Bonchev–Trinajstić information content (AvgIpc) is 2.33. The minimum atomic E-state index is -0.574. The molecule has 4 heteroatoms. The standard InChI is InChI=1S/C15H18O4/c1-15(2,3)19-14(17)10-9-13(16)18-11-12-7-5-4-6-8-12/h4-10H,11H2,1-3H3. The number of esters is 2. The molecule has 0 amide bonds. The van der Waals surface area contributed by atoms with Gasteiger partial charge in [-0.15, -0.1) is 0 Å². The molecule has 0 fully saturated rings. The van der Waals surface area contributed by atoms with Gasteiger partial charge in [-0.05, 0) is 26.3 Å². The maximum atomic E-state index is 11.4. The van der Waals surface area contributed by atoms with Crippen LogP contribution in [0.4, 0.5) is 0 Å². The van der Waals surface area contributed by atoms with Gasteiger partial charge in [-0.3, -0.25) is 0 Å².